The molecule has 1 aliphatic heterocycles. The van der Waals surface area contributed by atoms with Crippen molar-refractivity contribution in [1.82, 2.24) is 10.2 Å². The maximum Gasteiger partial charge on any atom is 0.323 e. The van der Waals surface area contributed by atoms with E-state index in [0.717, 1.165) is 26.1 Å². The summed E-state index contributed by atoms with van der Waals surface area (Å²) in [5.41, 5.74) is -0.252. The first-order valence-corrected chi connectivity index (χ1v) is 8.06. The molecule has 0 aromatic heterocycles. The average Bonchev–Trinajstić information content (AvgIpc) is 2.41. The number of carboxylic acids is 1. The molecule has 0 aliphatic carbocycles. The molecule has 1 saturated heterocycles. The van der Waals surface area contributed by atoms with E-state index in [-0.39, 0.29) is 0 Å². The number of rotatable bonds is 8. The lowest BCUT2D eigenvalue weighted by Gasteiger charge is -2.39. The normalized spacial score (nSPS) is 22.4. The van der Waals surface area contributed by atoms with Gasteiger partial charge in [0.15, 0.2) is 0 Å². The topological polar surface area (TPSA) is 52.6 Å². The van der Waals surface area contributed by atoms with Crippen LogP contribution in [0.2, 0.25) is 0 Å². The van der Waals surface area contributed by atoms with Crippen LogP contribution in [0.5, 0.6) is 0 Å². The highest BCUT2D eigenvalue weighted by molar-refractivity contribution is 5.78. The minimum atomic E-state index is -0.775. The summed E-state index contributed by atoms with van der Waals surface area (Å²) in [6, 6.07) is 0. The molecule has 1 fully saturated rings. The Kier molecular flexibility index (Phi) is 6.46. The molecule has 1 rings (SSSR count). The summed E-state index contributed by atoms with van der Waals surface area (Å²) in [7, 11) is 0. The second-order valence-corrected chi connectivity index (χ2v) is 6.78. The van der Waals surface area contributed by atoms with Gasteiger partial charge >= 0.3 is 5.97 Å². The summed E-state index contributed by atoms with van der Waals surface area (Å²) in [4.78, 5) is 13.8. The number of aliphatic carboxylic acids is 1. The minimum Gasteiger partial charge on any atom is -0.480 e. The van der Waals surface area contributed by atoms with Crippen molar-refractivity contribution in [3.05, 3.63) is 0 Å². The highest BCUT2D eigenvalue weighted by atomic mass is 16.4. The Morgan fingerprint density at radius 3 is 2.40 bits per heavy atom. The summed E-state index contributed by atoms with van der Waals surface area (Å²) in [5.74, 6) is -0.739. The van der Waals surface area contributed by atoms with E-state index in [1.54, 1.807) is 6.92 Å². The van der Waals surface area contributed by atoms with Gasteiger partial charge in [0.2, 0.25) is 0 Å². The van der Waals surface area contributed by atoms with Crippen molar-refractivity contribution in [3.8, 4) is 0 Å². The van der Waals surface area contributed by atoms with Crippen molar-refractivity contribution in [1.29, 1.82) is 0 Å². The van der Waals surface area contributed by atoms with E-state index >= 15 is 0 Å². The van der Waals surface area contributed by atoms with Gasteiger partial charge in [0.05, 0.1) is 0 Å². The largest absolute Gasteiger partial charge is 0.480 e. The molecular formula is C16H32N2O2. The number of nitrogens with one attached hydrogen (secondary N) is 1. The van der Waals surface area contributed by atoms with Crippen molar-refractivity contribution in [2.75, 3.05) is 26.2 Å². The van der Waals surface area contributed by atoms with Crippen LogP contribution >= 0.6 is 0 Å². The van der Waals surface area contributed by atoms with Crippen molar-refractivity contribution in [2.24, 2.45) is 5.41 Å². The number of nitrogens with zero attached hydrogens (tertiary/aromatic N) is 1. The maximum atomic E-state index is 11.3. The van der Waals surface area contributed by atoms with Crippen LogP contribution in [0.4, 0.5) is 0 Å². The number of likely N-dealkylation sites (tertiary alicyclic amines) is 1. The second kappa shape index (κ2) is 7.41. The molecule has 0 bridgehead atoms. The zero-order valence-electron chi connectivity index (χ0n) is 13.7. The van der Waals surface area contributed by atoms with Gasteiger partial charge in [-0.15, -0.1) is 0 Å². The van der Waals surface area contributed by atoms with Crippen molar-refractivity contribution < 1.29 is 9.90 Å². The highest BCUT2D eigenvalue weighted by Crippen LogP contribution is 2.33. The van der Waals surface area contributed by atoms with Crippen LogP contribution in [-0.2, 0) is 4.79 Å². The molecule has 0 saturated carbocycles. The molecule has 0 radical (unpaired) electrons. The van der Waals surface area contributed by atoms with E-state index < -0.39 is 11.5 Å². The maximum absolute atomic E-state index is 11.3. The molecule has 0 aromatic rings. The smallest absolute Gasteiger partial charge is 0.323 e. The molecule has 0 amide bonds. The average molecular weight is 284 g/mol. The summed E-state index contributed by atoms with van der Waals surface area (Å²) < 4.78 is 0. The van der Waals surface area contributed by atoms with Gasteiger partial charge in [-0.2, -0.15) is 0 Å². The van der Waals surface area contributed by atoms with E-state index in [1.165, 1.54) is 19.3 Å². The molecule has 0 aromatic carbocycles. The van der Waals surface area contributed by atoms with Gasteiger partial charge in [0.1, 0.15) is 5.54 Å². The summed E-state index contributed by atoms with van der Waals surface area (Å²) in [5, 5.41) is 12.4. The van der Waals surface area contributed by atoms with Gasteiger partial charge in [-0.05, 0) is 64.2 Å². The SMILES string of the molecule is CCNC(C)(CCCN1CCC(C)(CC)CC1)C(=O)O. The van der Waals surface area contributed by atoms with Crippen LogP contribution in [0, 0.1) is 5.41 Å². The minimum absolute atomic E-state index is 0.524. The van der Waals surface area contributed by atoms with E-state index in [2.05, 4.69) is 24.1 Å². The summed E-state index contributed by atoms with van der Waals surface area (Å²) >= 11 is 0. The Bertz CT molecular complexity index is 312. The highest BCUT2D eigenvalue weighted by Gasteiger charge is 2.32. The Labute approximate surface area is 123 Å². The van der Waals surface area contributed by atoms with Crippen molar-refractivity contribution in [2.45, 2.75) is 65.3 Å². The van der Waals surface area contributed by atoms with Gasteiger partial charge in [-0.25, -0.2) is 0 Å². The van der Waals surface area contributed by atoms with Crippen molar-refractivity contribution >= 4 is 5.97 Å². The fraction of sp³-hybridized carbons (Fsp3) is 0.938. The van der Waals surface area contributed by atoms with Gasteiger partial charge in [-0.3, -0.25) is 4.79 Å². The number of hydrogen-bond donors (Lipinski definition) is 2. The van der Waals surface area contributed by atoms with Gasteiger partial charge in [-0.1, -0.05) is 27.2 Å². The second-order valence-electron chi connectivity index (χ2n) is 6.78. The Morgan fingerprint density at radius 1 is 1.35 bits per heavy atom. The predicted octanol–water partition coefficient (Wildman–Crippen LogP) is 2.73. The van der Waals surface area contributed by atoms with Crippen molar-refractivity contribution in [3.63, 3.8) is 0 Å². The Hall–Kier alpha value is -0.610. The third-order valence-corrected chi connectivity index (χ3v) is 5.11. The lowest BCUT2D eigenvalue weighted by molar-refractivity contribution is -0.144. The molecule has 4 heteroatoms. The zero-order chi connectivity index (χ0) is 15.2. The lowest BCUT2D eigenvalue weighted by Crippen LogP contribution is -2.50. The van der Waals surface area contributed by atoms with Crippen LogP contribution in [0.1, 0.15) is 59.8 Å². The fourth-order valence-electron chi connectivity index (χ4n) is 2.99. The quantitative estimate of drug-likeness (QED) is 0.719. The number of hydrogen-bond acceptors (Lipinski definition) is 3. The number of piperidine rings is 1. The van der Waals surface area contributed by atoms with E-state index in [4.69, 9.17) is 0 Å². The molecule has 0 spiro atoms. The Morgan fingerprint density at radius 2 is 1.95 bits per heavy atom. The van der Waals surface area contributed by atoms with Gasteiger partial charge in [0, 0.05) is 0 Å². The van der Waals surface area contributed by atoms with Crippen LogP contribution in [-0.4, -0.2) is 47.7 Å². The first-order chi connectivity index (χ1) is 9.35. The van der Waals surface area contributed by atoms with E-state index in [1.807, 2.05) is 6.92 Å². The molecular weight excluding hydrogens is 252 g/mol. The molecule has 1 heterocycles. The zero-order valence-corrected chi connectivity index (χ0v) is 13.7. The Balaban J connectivity index is 2.33. The lowest BCUT2D eigenvalue weighted by atomic mass is 9.78. The van der Waals surface area contributed by atoms with Crippen LogP contribution < -0.4 is 5.32 Å². The summed E-state index contributed by atoms with van der Waals surface area (Å²) in [6.07, 6.45) is 5.44. The third kappa shape index (κ3) is 4.74. The molecule has 118 valence electrons. The first-order valence-electron chi connectivity index (χ1n) is 8.06. The standard InChI is InChI=1S/C16H32N2O2/c1-5-15(3)9-12-18(13-10-15)11-7-8-16(4,14(19)20)17-6-2/h17H,5-13H2,1-4H3,(H,19,20). The van der Waals surface area contributed by atoms with Crippen LogP contribution in [0.15, 0.2) is 0 Å². The molecule has 1 unspecified atom stereocenters. The monoisotopic (exact) mass is 284 g/mol. The van der Waals surface area contributed by atoms with Crippen LogP contribution in [0.25, 0.3) is 0 Å². The van der Waals surface area contributed by atoms with Gasteiger partial charge < -0.3 is 15.3 Å². The number of carboxylic acid groups (broad SMARTS) is 1. The molecule has 2 N–H and O–H groups in total. The predicted molar refractivity (Wildman–Crippen MR) is 83.0 cm³/mol. The first kappa shape index (κ1) is 17.4. The molecule has 4 nitrogen and oxygen atoms in total. The summed E-state index contributed by atoms with van der Waals surface area (Å²) in [6.45, 7) is 12.5. The number of likely N-dealkylation sites (N-methyl/N-ethyl adjacent to an activating group) is 1. The fourth-order valence-corrected chi connectivity index (χ4v) is 2.99. The molecule has 1 aliphatic rings. The van der Waals surface area contributed by atoms with Crippen LogP contribution in [0.3, 0.4) is 0 Å². The third-order valence-electron chi connectivity index (χ3n) is 5.11. The molecule has 1 atom stereocenters. The molecule has 20 heavy (non-hydrogen) atoms. The van der Waals surface area contributed by atoms with Gasteiger partial charge in [0.25, 0.3) is 0 Å². The van der Waals surface area contributed by atoms with E-state index in [0.29, 0.717) is 18.4 Å². The number of carbonyl (C=O) groups is 1. The van der Waals surface area contributed by atoms with E-state index in [9.17, 15) is 9.90 Å².